The van der Waals surface area contributed by atoms with Crippen molar-refractivity contribution in [2.75, 3.05) is 26.9 Å². The first-order chi connectivity index (χ1) is 7.10. The number of aliphatic hydroxyl groups is 1. The van der Waals surface area contributed by atoms with E-state index in [1.807, 2.05) is 0 Å². The number of methoxy groups -OCH3 is 1. The minimum Gasteiger partial charge on any atom is -0.396 e. The summed E-state index contributed by atoms with van der Waals surface area (Å²) < 4.78 is 5.07. The molecule has 0 radical (unpaired) electrons. The first kappa shape index (κ1) is 14.9. The van der Waals surface area contributed by atoms with Crippen LogP contribution in [-0.4, -0.2) is 38.0 Å². The van der Waals surface area contributed by atoms with Crippen LogP contribution in [0.25, 0.3) is 0 Å². The standard InChI is InChI=1S/C12H27NO2/c1-10(2)7-12(5-6-14)8-13-11(3)9-15-4/h10-14H,5-9H2,1-4H3. The topological polar surface area (TPSA) is 41.5 Å². The van der Waals surface area contributed by atoms with Gasteiger partial charge in [0, 0.05) is 19.8 Å². The van der Waals surface area contributed by atoms with Gasteiger partial charge in [-0.1, -0.05) is 13.8 Å². The lowest BCUT2D eigenvalue weighted by Crippen LogP contribution is -2.35. The number of aliphatic hydroxyl groups excluding tert-OH is 1. The molecule has 0 aromatic rings. The highest BCUT2D eigenvalue weighted by molar-refractivity contribution is 4.67. The summed E-state index contributed by atoms with van der Waals surface area (Å²) in [7, 11) is 1.72. The molecule has 0 spiro atoms. The average Bonchev–Trinajstić information content (AvgIpc) is 2.14. The molecule has 0 aliphatic carbocycles. The van der Waals surface area contributed by atoms with Gasteiger partial charge in [-0.3, -0.25) is 0 Å². The monoisotopic (exact) mass is 217 g/mol. The van der Waals surface area contributed by atoms with E-state index in [1.165, 1.54) is 6.42 Å². The van der Waals surface area contributed by atoms with Gasteiger partial charge in [-0.05, 0) is 38.1 Å². The molecule has 0 aromatic carbocycles. The Hall–Kier alpha value is -0.120. The van der Waals surface area contributed by atoms with Gasteiger partial charge >= 0.3 is 0 Å². The highest BCUT2D eigenvalue weighted by atomic mass is 16.5. The minimum absolute atomic E-state index is 0.289. The summed E-state index contributed by atoms with van der Waals surface area (Å²) in [5, 5.41) is 12.4. The van der Waals surface area contributed by atoms with Gasteiger partial charge in [0.1, 0.15) is 0 Å². The van der Waals surface area contributed by atoms with Crippen molar-refractivity contribution in [2.45, 2.75) is 39.7 Å². The molecule has 0 saturated heterocycles. The third kappa shape index (κ3) is 8.85. The van der Waals surface area contributed by atoms with Crippen LogP contribution in [0.3, 0.4) is 0 Å². The van der Waals surface area contributed by atoms with Crippen LogP contribution in [0.4, 0.5) is 0 Å². The number of hydrogen-bond donors (Lipinski definition) is 2. The van der Waals surface area contributed by atoms with E-state index in [4.69, 9.17) is 9.84 Å². The van der Waals surface area contributed by atoms with Crippen molar-refractivity contribution in [3.63, 3.8) is 0 Å². The van der Waals surface area contributed by atoms with Gasteiger partial charge in [0.25, 0.3) is 0 Å². The van der Waals surface area contributed by atoms with Crippen LogP contribution in [0.5, 0.6) is 0 Å². The molecule has 92 valence electrons. The Morgan fingerprint density at radius 1 is 1.27 bits per heavy atom. The number of rotatable bonds is 9. The van der Waals surface area contributed by atoms with Crippen LogP contribution >= 0.6 is 0 Å². The highest BCUT2D eigenvalue weighted by Gasteiger charge is 2.11. The third-order valence-electron chi connectivity index (χ3n) is 2.51. The molecular weight excluding hydrogens is 190 g/mol. The fourth-order valence-electron chi connectivity index (χ4n) is 1.83. The normalized spacial score (nSPS) is 15.6. The van der Waals surface area contributed by atoms with Gasteiger partial charge in [0.15, 0.2) is 0 Å². The lowest BCUT2D eigenvalue weighted by Gasteiger charge is -2.21. The van der Waals surface area contributed by atoms with E-state index in [0.717, 1.165) is 19.6 Å². The maximum absolute atomic E-state index is 8.97. The second kappa shape index (κ2) is 9.13. The summed E-state index contributed by atoms with van der Waals surface area (Å²) in [4.78, 5) is 0. The maximum Gasteiger partial charge on any atom is 0.0613 e. The third-order valence-corrected chi connectivity index (χ3v) is 2.51. The van der Waals surface area contributed by atoms with E-state index >= 15 is 0 Å². The quantitative estimate of drug-likeness (QED) is 0.617. The van der Waals surface area contributed by atoms with Gasteiger partial charge in [0.2, 0.25) is 0 Å². The molecule has 0 aliphatic heterocycles. The predicted octanol–water partition coefficient (Wildman–Crippen LogP) is 1.66. The van der Waals surface area contributed by atoms with Crippen molar-refractivity contribution in [1.29, 1.82) is 0 Å². The Balaban J connectivity index is 3.73. The number of ether oxygens (including phenoxy) is 1. The molecule has 0 heterocycles. The number of nitrogens with one attached hydrogen (secondary N) is 1. The van der Waals surface area contributed by atoms with Gasteiger partial charge < -0.3 is 15.2 Å². The van der Waals surface area contributed by atoms with E-state index < -0.39 is 0 Å². The van der Waals surface area contributed by atoms with Crippen LogP contribution in [-0.2, 0) is 4.74 Å². The Bertz CT molecular complexity index is 140. The van der Waals surface area contributed by atoms with E-state index in [-0.39, 0.29) is 6.61 Å². The van der Waals surface area contributed by atoms with Crippen LogP contribution in [0.2, 0.25) is 0 Å². The zero-order valence-electron chi connectivity index (χ0n) is 10.6. The van der Waals surface area contributed by atoms with Gasteiger partial charge in [-0.2, -0.15) is 0 Å². The van der Waals surface area contributed by atoms with Gasteiger partial charge in [-0.15, -0.1) is 0 Å². The largest absolute Gasteiger partial charge is 0.396 e. The van der Waals surface area contributed by atoms with Crippen LogP contribution in [0, 0.1) is 11.8 Å². The molecule has 0 fully saturated rings. The van der Waals surface area contributed by atoms with E-state index in [9.17, 15) is 0 Å². The van der Waals surface area contributed by atoms with Crippen molar-refractivity contribution in [2.24, 2.45) is 11.8 Å². The van der Waals surface area contributed by atoms with Crippen molar-refractivity contribution in [3.05, 3.63) is 0 Å². The van der Waals surface area contributed by atoms with Crippen molar-refractivity contribution in [3.8, 4) is 0 Å². The number of hydrogen-bond acceptors (Lipinski definition) is 3. The molecule has 0 bridgehead atoms. The lowest BCUT2D eigenvalue weighted by atomic mass is 9.94. The van der Waals surface area contributed by atoms with Crippen molar-refractivity contribution >= 4 is 0 Å². The van der Waals surface area contributed by atoms with Gasteiger partial charge in [-0.25, -0.2) is 0 Å². The molecule has 2 N–H and O–H groups in total. The second-order valence-corrected chi connectivity index (χ2v) is 4.77. The van der Waals surface area contributed by atoms with Crippen LogP contribution in [0.15, 0.2) is 0 Å². The maximum atomic E-state index is 8.97. The molecule has 2 atom stereocenters. The SMILES string of the molecule is COCC(C)NCC(CCO)CC(C)C. The molecule has 0 aliphatic rings. The molecule has 15 heavy (non-hydrogen) atoms. The Kier molecular flexibility index (Phi) is 9.06. The fraction of sp³-hybridized carbons (Fsp3) is 1.00. The van der Waals surface area contributed by atoms with Crippen molar-refractivity contribution < 1.29 is 9.84 Å². The molecule has 2 unspecified atom stereocenters. The zero-order chi connectivity index (χ0) is 11.7. The summed E-state index contributed by atoms with van der Waals surface area (Å²) in [6.45, 7) is 8.58. The van der Waals surface area contributed by atoms with Crippen LogP contribution < -0.4 is 5.32 Å². The predicted molar refractivity (Wildman–Crippen MR) is 64.0 cm³/mol. The Labute approximate surface area is 94.2 Å². The zero-order valence-corrected chi connectivity index (χ0v) is 10.6. The highest BCUT2D eigenvalue weighted by Crippen LogP contribution is 2.14. The van der Waals surface area contributed by atoms with Gasteiger partial charge in [0.05, 0.1) is 6.61 Å². The molecule has 0 aromatic heterocycles. The molecule has 0 rings (SSSR count). The minimum atomic E-state index is 0.289. The van der Waals surface area contributed by atoms with E-state index in [0.29, 0.717) is 17.9 Å². The van der Waals surface area contributed by atoms with E-state index in [2.05, 4.69) is 26.1 Å². The van der Waals surface area contributed by atoms with Crippen molar-refractivity contribution in [1.82, 2.24) is 5.32 Å². The molecular formula is C12H27NO2. The summed E-state index contributed by atoms with van der Waals surface area (Å²) in [6, 6.07) is 0.392. The average molecular weight is 217 g/mol. The molecule has 3 heteroatoms. The van der Waals surface area contributed by atoms with Crippen LogP contribution in [0.1, 0.15) is 33.6 Å². The summed E-state index contributed by atoms with van der Waals surface area (Å²) in [5.74, 6) is 1.27. The summed E-state index contributed by atoms with van der Waals surface area (Å²) in [6.07, 6.45) is 2.07. The fourth-order valence-corrected chi connectivity index (χ4v) is 1.83. The molecule has 0 amide bonds. The summed E-state index contributed by atoms with van der Waals surface area (Å²) in [5.41, 5.74) is 0. The Morgan fingerprint density at radius 2 is 1.93 bits per heavy atom. The first-order valence-corrected chi connectivity index (χ1v) is 5.93. The summed E-state index contributed by atoms with van der Waals surface area (Å²) >= 11 is 0. The van der Waals surface area contributed by atoms with E-state index in [1.54, 1.807) is 7.11 Å². The first-order valence-electron chi connectivity index (χ1n) is 5.93. The smallest absolute Gasteiger partial charge is 0.0613 e. The molecule has 0 saturated carbocycles. The molecule has 3 nitrogen and oxygen atoms in total. The Morgan fingerprint density at radius 3 is 2.40 bits per heavy atom. The second-order valence-electron chi connectivity index (χ2n) is 4.77. The lowest BCUT2D eigenvalue weighted by molar-refractivity contribution is 0.166.